The van der Waals surface area contributed by atoms with Crippen LogP contribution in [0.1, 0.15) is 29.7 Å². The summed E-state index contributed by atoms with van der Waals surface area (Å²) in [6, 6.07) is 10.6. The van der Waals surface area contributed by atoms with Crippen molar-refractivity contribution >= 4 is 11.6 Å². The lowest BCUT2D eigenvalue weighted by Crippen LogP contribution is -2.22. The normalized spacial score (nSPS) is 12.2. The van der Waals surface area contributed by atoms with Crippen LogP contribution in [-0.4, -0.2) is 13.7 Å². The highest BCUT2D eigenvalue weighted by Gasteiger charge is 2.16. The second-order valence-corrected chi connectivity index (χ2v) is 5.35. The van der Waals surface area contributed by atoms with Crippen LogP contribution in [0.4, 0.5) is 4.39 Å². The Bertz CT molecular complexity index is 610. The molecule has 0 aliphatic rings. The molecule has 0 radical (unpaired) electrons. The van der Waals surface area contributed by atoms with E-state index in [1.54, 1.807) is 13.2 Å². The highest BCUT2D eigenvalue weighted by Crippen LogP contribution is 2.30. The lowest BCUT2D eigenvalue weighted by Gasteiger charge is -2.20. The molecule has 0 spiro atoms. The third-order valence-corrected chi connectivity index (χ3v) is 3.61. The van der Waals surface area contributed by atoms with Gasteiger partial charge in [-0.3, -0.25) is 0 Å². The molecule has 0 amide bonds. The predicted molar refractivity (Wildman–Crippen MR) is 84.7 cm³/mol. The first-order valence-corrected chi connectivity index (χ1v) is 7.27. The van der Waals surface area contributed by atoms with E-state index in [1.807, 2.05) is 38.1 Å². The van der Waals surface area contributed by atoms with Crippen molar-refractivity contribution in [2.24, 2.45) is 0 Å². The largest absolute Gasteiger partial charge is 0.495 e. The molecule has 0 bridgehead atoms. The minimum atomic E-state index is -0.229. The molecule has 0 heterocycles. The van der Waals surface area contributed by atoms with Crippen molar-refractivity contribution in [3.8, 4) is 5.75 Å². The summed E-state index contributed by atoms with van der Waals surface area (Å²) in [7, 11) is 1.58. The number of halogens is 2. The Kier molecular flexibility index (Phi) is 5.21. The van der Waals surface area contributed by atoms with Crippen LogP contribution in [0.2, 0.25) is 5.02 Å². The van der Waals surface area contributed by atoms with Gasteiger partial charge in [-0.15, -0.1) is 0 Å². The van der Waals surface area contributed by atoms with E-state index in [1.165, 1.54) is 6.07 Å². The molecule has 112 valence electrons. The maximum Gasteiger partial charge on any atom is 0.137 e. The van der Waals surface area contributed by atoms with Gasteiger partial charge in [0.15, 0.2) is 0 Å². The number of methoxy groups -OCH3 is 1. The molecule has 21 heavy (non-hydrogen) atoms. The van der Waals surface area contributed by atoms with Crippen LogP contribution in [-0.2, 0) is 0 Å². The zero-order chi connectivity index (χ0) is 15.4. The Morgan fingerprint density at radius 1 is 1.19 bits per heavy atom. The molecular weight excluding hydrogens is 289 g/mol. The minimum absolute atomic E-state index is 0.104. The molecule has 0 aliphatic carbocycles. The van der Waals surface area contributed by atoms with Crippen molar-refractivity contribution in [2.45, 2.75) is 19.9 Å². The Morgan fingerprint density at radius 3 is 2.52 bits per heavy atom. The number of nitrogens with one attached hydrogen (secondary N) is 1. The molecule has 2 aromatic carbocycles. The smallest absolute Gasteiger partial charge is 0.137 e. The fraction of sp³-hybridized carbons (Fsp3) is 0.294. The Balaban J connectivity index is 2.45. The van der Waals surface area contributed by atoms with Gasteiger partial charge in [0.2, 0.25) is 0 Å². The molecule has 2 aromatic rings. The van der Waals surface area contributed by atoms with E-state index >= 15 is 0 Å². The first-order valence-electron chi connectivity index (χ1n) is 6.89. The first kappa shape index (κ1) is 15.8. The van der Waals surface area contributed by atoms with Gasteiger partial charge in [0.25, 0.3) is 0 Å². The zero-order valence-corrected chi connectivity index (χ0v) is 13.2. The highest BCUT2D eigenvalue weighted by molar-refractivity contribution is 6.32. The summed E-state index contributed by atoms with van der Waals surface area (Å²) < 4.78 is 18.8. The number of hydrogen-bond donors (Lipinski definition) is 1. The third-order valence-electron chi connectivity index (χ3n) is 3.32. The van der Waals surface area contributed by atoms with E-state index in [0.29, 0.717) is 10.8 Å². The van der Waals surface area contributed by atoms with Crippen LogP contribution in [0.15, 0.2) is 36.4 Å². The molecule has 2 rings (SSSR count). The number of hydrogen-bond acceptors (Lipinski definition) is 2. The molecule has 4 heteroatoms. The third kappa shape index (κ3) is 3.74. The van der Waals surface area contributed by atoms with Gasteiger partial charge in [-0.05, 0) is 54.4 Å². The maximum atomic E-state index is 13.7. The van der Waals surface area contributed by atoms with Crippen LogP contribution >= 0.6 is 11.6 Å². The van der Waals surface area contributed by atoms with Gasteiger partial charge in [0, 0.05) is 0 Å². The van der Waals surface area contributed by atoms with Crippen molar-refractivity contribution in [3.05, 3.63) is 63.9 Å². The molecule has 2 nitrogen and oxygen atoms in total. The van der Waals surface area contributed by atoms with E-state index in [0.717, 1.165) is 23.2 Å². The second kappa shape index (κ2) is 6.92. The van der Waals surface area contributed by atoms with Gasteiger partial charge >= 0.3 is 0 Å². The molecule has 0 saturated carbocycles. The maximum absolute atomic E-state index is 13.7. The summed E-state index contributed by atoms with van der Waals surface area (Å²) in [5, 5.41) is 3.92. The van der Waals surface area contributed by atoms with Gasteiger partial charge in [0.1, 0.15) is 11.6 Å². The van der Waals surface area contributed by atoms with Crippen LogP contribution in [0, 0.1) is 12.7 Å². The number of rotatable bonds is 5. The van der Waals surface area contributed by atoms with E-state index in [4.69, 9.17) is 16.3 Å². The van der Waals surface area contributed by atoms with Crippen LogP contribution in [0.5, 0.6) is 5.75 Å². The van der Waals surface area contributed by atoms with E-state index in [2.05, 4.69) is 5.32 Å². The van der Waals surface area contributed by atoms with E-state index < -0.39 is 0 Å². The van der Waals surface area contributed by atoms with Crippen molar-refractivity contribution in [2.75, 3.05) is 13.7 Å². The van der Waals surface area contributed by atoms with Crippen molar-refractivity contribution in [3.63, 3.8) is 0 Å². The summed E-state index contributed by atoms with van der Waals surface area (Å²) >= 11 is 6.20. The number of aryl methyl sites for hydroxylation is 1. The standard InChI is InChI=1S/C17H19ClFNO/c1-4-20-17(13-7-11(2)8-14(19)9-13)12-5-6-16(21-3)15(18)10-12/h5-10,17,20H,4H2,1-3H3. The number of benzene rings is 2. The Hall–Kier alpha value is -1.58. The minimum Gasteiger partial charge on any atom is -0.495 e. The molecule has 0 fully saturated rings. The van der Waals surface area contributed by atoms with Gasteiger partial charge in [-0.25, -0.2) is 4.39 Å². The summed E-state index contributed by atoms with van der Waals surface area (Å²) in [5.74, 6) is 0.401. The molecular formula is C17H19ClFNO. The first-order chi connectivity index (χ1) is 10.0. The molecule has 1 N–H and O–H groups in total. The molecule has 1 atom stereocenters. The summed E-state index contributed by atoms with van der Waals surface area (Å²) in [4.78, 5) is 0. The van der Waals surface area contributed by atoms with Crippen molar-refractivity contribution in [1.82, 2.24) is 5.32 Å². The Morgan fingerprint density at radius 2 is 1.95 bits per heavy atom. The SMILES string of the molecule is CCNC(c1cc(C)cc(F)c1)c1ccc(OC)c(Cl)c1. The topological polar surface area (TPSA) is 21.3 Å². The zero-order valence-electron chi connectivity index (χ0n) is 12.4. The summed E-state index contributed by atoms with van der Waals surface area (Å²) in [6.45, 7) is 4.67. The van der Waals surface area contributed by atoms with Gasteiger partial charge in [-0.1, -0.05) is 30.7 Å². The van der Waals surface area contributed by atoms with Crippen LogP contribution < -0.4 is 10.1 Å². The Labute approximate surface area is 129 Å². The van der Waals surface area contributed by atoms with E-state index in [9.17, 15) is 4.39 Å². The average molecular weight is 308 g/mol. The van der Waals surface area contributed by atoms with E-state index in [-0.39, 0.29) is 11.9 Å². The molecule has 0 saturated heterocycles. The second-order valence-electron chi connectivity index (χ2n) is 4.95. The summed E-state index contributed by atoms with van der Waals surface area (Å²) in [5.41, 5.74) is 2.76. The fourth-order valence-electron chi connectivity index (χ4n) is 2.43. The molecule has 0 aliphatic heterocycles. The van der Waals surface area contributed by atoms with Gasteiger partial charge < -0.3 is 10.1 Å². The predicted octanol–water partition coefficient (Wildman–Crippen LogP) is 4.50. The van der Waals surface area contributed by atoms with Crippen LogP contribution in [0.25, 0.3) is 0 Å². The molecule has 0 aromatic heterocycles. The quantitative estimate of drug-likeness (QED) is 0.878. The number of ether oxygens (including phenoxy) is 1. The van der Waals surface area contributed by atoms with Crippen molar-refractivity contribution in [1.29, 1.82) is 0 Å². The van der Waals surface area contributed by atoms with Gasteiger partial charge in [0.05, 0.1) is 18.2 Å². The molecule has 1 unspecified atom stereocenters. The van der Waals surface area contributed by atoms with Gasteiger partial charge in [-0.2, -0.15) is 0 Å². The average Bonchev–Trinajstić information content (AvgIpc) is 2.43. The highest BCUT2D eigenvalue weighted by atomic mass is 35.5. The lowest BCUT2D eigenvalue weighted by molar-refractivity contribution is 0.414. The lowest BCUT2D eigenvalue weighted by atomic mass is 9.97. The summed E-state index contributed by atoms with van der Waals surface area (Å²) in [6.07, 6.45) is 0. The van der Waals surface area contributed by atoms with Crippen molar-refractivity contribution < 1.29 is 9.13 Å². The monoisotopic (exact) mass is 307 g/mol. The fourth-order valence-corrected chi connectivity index (χ4v) is 2.69. The van der Waals surface area contributed by atoms with Crippen LogP contribution in [0.3, 0.4) is 0 Å².